The normalized spacial score (nSPS) is 19.6. The van der Waals surface area contributed by atoms with E-state index in [2.05, 4.69) is 32.3 Å². The monoisotopic (exact) mass is 183 g/mol. The van der Waals surface area contributed by atoms with Crippen LogP contribution in [0.3, 0.4) is 0 Å². The first-order chi connectivity index (χ1) is 5.99. The Bertz CT molecular complexity index is 181. The van der Waals surface area contributed by atoms with Crippen LogP contribution in [0, 0.1) is 5.41 Å². The van der Waals surface area contributed by atoms with Crippen LogP contribution in [0.2, 0.25) is 0 Å². The Morgan fingerprint density at radius 3 is 2.69 bits per heavy atom. The van der Waals surface area contributed by atoms with Gasteiger partial charge < -0.3 is 9.64 Å². The highest BCUT2D eigenvalue weighted by molar-refractivity contribution is 4.87. The van der Waals surface area contributed by atoms with Crippen LogP contribution in [0.15, 0.2) is 12.5 Å². The van der Waals surface area contributed by atoms with E-state index < -0.39 is 0 Å². The zero-order valence-electron chi connectivity index (χ0n) is 9.10. The number of nitrogens with zero attached hydrogens (tertiary/aromatic N) is 1. The second-order valence-electron chi connectivity index (χ2n) is 4.93. The van der Waals surface area contributed by atoms with Crippen LogP contribution < -0.4 is 0 Å². The van der Waals surface area contributed by atoms with Gasteiger partial charge in [0, 0.05) is 13.1 Å². The molecule has 0 atom stereocenters. The maximum absolute atomic E-state index is 5.49. The lowest BCUT2D eigenvalue weighted by molar-refractivity contribution is 0.114. The third-order valence-corrected chi connectivity index (χ3v) is 2.11. The molecule has 0 spiro atoms. The van der Waals surface area contributed by atoms with Crippen LogP contribution in [0.25, 0.3) is 0 Å². The van der Waals surface area contributed by atoms with Gasteiger partial charge >= 0.3 is 0 Å². The van der Waals surface area contributed by atoms with Gasteiger partial charge in [-0.1, -0.05) is 20.8 Å². The predicted octanol–water partition coefficient (Wildman–Crippen LogP) is 2.62. The van der Waals surface area contributed by atoms with Gasteiger partial charge in [0.05, 0.1) is 6.61 Å². The first kappa shape index (κ1) is 10.4. The maximum Gasteiger partial charge on any atom is 0.181 e. The fraction of sp³-hybridized carbons (Fsp3) is 0.818. The SMILES string of the molecule is C=C1OCCCCN1CC(C)(C)C. The molecule has 76 valence electrons. The Morgan fingerprint density at radius 2 is 2.08 bits per heavy atom. The second-order valence-corrected chi connectivity index (χ2v) is 4.93. The van der Waals surface area contributed by atoms with E-state index >= 15 is 0 Å². The van der Waals surface area contributed by atoms with Crippen LogP contribution in [0.1, 0.15) is 33.6 Å². The van der Waals surface area contributed by atoms with Gasteiger partial charge in [-0.3, -0.25) is 0 Å². The van der Waals surface area contributed by atoms with Crippen molar-refractivity contribution in [3.63, 3.8) is 0 Å². The summed E-state index contributed by atoms with van der Waals surface area (Å²) in [4.78, 5) is 2.26. The third-order valence-electron chi connectivity index (χ3n) is 2.11. The second kappa shape index (κ2) is 4.03. The molecule has 0 saturated carbocycles. The molecule has 0 bridgehead atoms. The third kappa shape index (κ3) is 3.71. The van der Waals surface area contributed by atoms with Crippen molar-refractivity contribution in [1.29, 1.82) is 0 Å². The molecule has 0 amide bonds. The zero-order chi connectivity index (χ0) is 9.90. The summed E-state index contributed by atoms with van der Waals surface area (Å²) in [5.41, 5.74) is 0.316. The van der Waals surface area contributed by atoms with Crippen LogP contribution in [-0.2, 0) is 4.74 Å². The maximum atomic E-state index is 5.49. The van der Waals surface area contributed by atoms with Gasteiger partial charge in [0.15, 0.2) is 5.88 Å². The number of hydrogen-bond donors (Lipinski definition) is 0. The number of hydrogen-bond acceptors (Lipinski definition) is 2. The molecule has 1 aliphatic heterocycles. The van der Waals surface area contributed by atoms with Crippen molar-refractivity contribution in [3.05, 3.63) is 12.5 Å². The van der Waals surface area contributed by atoms with E-state index in [9.17, 15) is 0 Å². The summed E-state index contributed by atoms with van der Waals surface area (Å²) in [6.07, 6.45) is 2.37. The van der Waals surface area contributed by atoms with Gasteiger partial charge in [-0.2, -0.15) is 0 Å². The molecule has 1 aliphatic rings. The average Bonchev–Trinajstić information content (AvgIpc) is 2.14. The Morgan fingerprint density at radius 1 is 1.38 bits per heavy atom. The Labute approximate surface area is 81.6 Å². The molecule has 1 saturated heterocycles. The minimum atomic E-state index is 0.316. The molecule has 1 rings (SSSR count). The van der Waals surface area contributed by atoms with Gasteiger partial charge in [0.1, 0.15) is 0 Å². The van der Waals surface area contributed by atoms with Crippen LogP contribution in [0.4, 0.5) is 0 Å². The molecule has 0 aromatic heterocycles. The highest BCUT2D eigenvalue weighted by atomic mass is 16.5. The van der Waals surface area contributed by atoms with Crippen LogP contribution >= 0.6 is 0 Å². The van der Waals surface area contributed by atoms with E-state index in [4.69, 9.17) is 4.74 Å². The van der Waals surface area contributed by atoms with Crippen LogP contribution in [0.5, 0.6) is 0 Å². The van der Waals surface area contributed by atoms with Crippen molar-refractivity contribution in [2.24, 2.45) is 5.41 Å². The van der Waals surface area contributed by atoms with Gasteiger partial charge in [-0.05, 0) is 24.8 Å². The number of rotatable bonds is 1. The number of ether oxygens (including phenoxy) is 1. The lowest BCUT2D eigenvalue weighted by Gasteiger charge is -2.30. The summed E-state index contributed by atoms with van der Waals surface area (Å²) in [6.45, 7) is 13.6. The standard InChI is InChI=1S/C11H21NO/c1-10-12(9-11(2,3)4)7-5-6-8-13-10/h1,5-9H2,2-4H3. The molecule has 1 fully saturated rings. The summed E-state index contributed by atoms with van der Waals surface area (Å²) in [5.74, 6) is 0.854. The summed E-state index contributed by atoms with van der Waals surface area (Å²) in [5, 5.41) is 0. The zero-order valence-corrected chi connectivity index (χ0v) is 9.10. The minimum absolute atomic E-state index is 0.316. The predicted molar refractivity (Wildman–Crippen MR) is 55.4 cm³/mol. The Kier molecular flexibility index (Phi) is 3.23. The summed E-state index contributed by atoms with van der Waals surface area (Å²) in [7, 11) is 0. The summed E-state index contributed by atoms with van der Waals surface area (Å²) < 4.78 is 5.49. The Balaban J connectivity index is 2.50. The molecule has 2 heteroatoms. The largest absolute Gasteiger partial charge is 0.479 e. The smallest absolute Gasteiger partial charge is 0.181 e. The van der Waals surface area contributed by atoms with E-state index in [1.165, 1.54) is 6.42 Å². The molecule has 0 radical (unpaired) electrons. The topological polar surface area (TPSA) is 12.5 Å². The summed E-state index contributed by atoms with van der Waals surface area (Å²) >= 11 is 0. The fourth-order valence-corrected chi connectivity index (χ4v) is 1.55. The minimum Gasteiger partial charge on any atom is -0.479 e. The molecule has 2 nitrogen and oxygen atoms in total. The molecule has 0 aromatic rings. The van der Waals surface area contributed by atoms with E-state index in [1.807, 2.05) is 0 Å². The molecule has 0 aromatic carbocycles. The molecule has 13 heavy (non-hydrogen) atoms. The van der Waals surface area contributed by atoms with Crippen molar-refractivity contribution >= 4 is 0 Å². The lowest BCUT2D eigenvalue weighted by Crippen LogP contribution is -2.32. The molecule has 0 aliphatic carbocycles. The quantitative estimate of drug-likeness (QED) is 0.619. The molecule has 0 unspecified atom stereocenters. The first-order valence-corrected chi connectivity index (χ1v) is 5.06. The van der Waals surface area contributed by atoms with Crippen molar-refractivity contribution < 1.29 is 4.74 Å². The highest BCUT2D eigenvalue weighted by Gasteiger charge is 2.19. The summed E-state index contributed by atoms with van der Waals surface area (Å²) in [6, 6.07) is 0. The van der Waals surface area contributed by atoms with Crippen molar-refractivity contribution in [2.45, 2.75) is 33.6 Å². The first-order valence-electron chi connectivity index (χ1n) is 5.06. The van der Waals surface area contributed by atoms with E-state index in [-0.39, 0.29) is 0 Å². The molecular weight excluding hydrogens is 162 g/mol. The van der Waals surface area contributed by atoms with Gasteiger partial charge in [-0.25, -0.2) is 0 Å². The van der Waals surface area contributed by atoms with Gasteiger partial charge in [0.25, 0.3) is 0 Å². The van der Waals surface area contributed by atoms with Crippen molar-refractivity contribution in [2.75, 3.05) is 19.7 Å². The van der Waals surface area contributed by atoms with Crippen LogP contribution in [-0.4, -0.2) is 24.6 Å². The van der Waals surface area contributed by atoms with Crippen molar-refractivity contribution in [3.8, 4) is 0 Å². The van der Waals surface area contributed by atoms with Gasteiger partial charge in [0.2, 0.25) is 0 Å². The van der Waals surface area contributed by atoms with E-state index in [0.29, 0.717) is 5.41 Å². The fourth-order valence-electron chi connectivity index (χ4n) is 1.55. The Hall–Kier alpha value is -0.660. The van der Waals surface area contributed by atoms with Gasteiger partial charge in [-0.15, -0.1) is 0 Å². The lowest BCUT2D eigenvalue weighted by atomic mass is 9.96. The molecular formula is C11H21NO. The van der Waals surface area contributed by atoms with Crippen molar-refractivity contribution in [1.82, 2.24) is 4.90 Å². The van der Waals surface area contributed by atoms with E-state index in [0.717, 1.165) is 32.0 Å². The molecule has 1 heterocycles. The van der Waals surface area contributed by atoms with E-state index in [1.54, 1.807) is 0 Å². The highest BCUT2D eigenvalue weighted by Crippen LogP contribution is 2.20. The molecule has 0 N–H and O–H groups in total. The average molecular weight is 183 g/mol.